The van der Waals surface area contributed by atoms with Gasteiger partial charge in [0.1, 0.15) is 16.4 Å². The molecule has 3 heterocycles. The summed E-state index contributed by atoms with van der Waals surface area (Å²) in [5, 5.41) is 0.804. The van der Waals surface area contributed by atoms with Gasteiger partial charge in [-0.15, -0.1) is 11.3 Å². The van der Waals surface area contributed by atoms with Crippen LogP contribution in [0.25, 0.3) is 10.2 Å². The summed E-state index contributed by atoms with van der Waals surface area (Å²) in [6.07, 6.45) is 4.51. The molecule has 2 aromatic heterocycles. The Kier molecular flexibility index (Phi) is 6.21. The van der Waals surface area contributed by atoms with Crippen molar-refractivity contribution in [1.82, 2.24) is 19.8 Å². The molecule has 0 radical (unpaired) electrons. The van der Waals surface area contributed by atoms with E-state index in [0.717, 1.165) is 48.3 Å². The van der Waals surface area contributed by atoms with E-state index in [0.29, 0.717) is 31.0 Å². The summed E-state index contributed by atoms with van der Waals surface area (Å²) < 4.78 is 5.66. The van der Waals surface area contributed by atoms with Crippen LogP contribution in [-0.4, -0.2) is 58.0 Å². The number of nitrogens with one attached hydrogen (secondary N) is 1. The van der Waals surface area contributed by atoms with Crippen LogP contribution in [0, 0.1) is 0 Å². The second-order valence-electron chi connectivity index (χ2n) is 9.16. The molecule has 5 rings (SSSR count). The smallest absolute Gasteiger partial charge is 0.259 e. The van der Waals surface area contributed by atoms with E-state index in [1.54, 1.807) is 11.3 Å². The van der Waals surface area contributed by atoms with Crippen molar-refractivity contribution in [3.63, 3.8) is 0 Å². The lowest BCUT2D eigenvalue weighted by Gasteiger charge is -2.34. The molecule has 1 aromatic carbocycles. The normalized spacial score (nSPS) is 16.9. The number of hydrogen-bond acceptors (Lipinski definition) is 6. The largest absolute Gasteiger partial charge is 0.491 e. The number of carbonyl (C=O) groups excluding carboxylic acids is 1. The van der Waals surface area contributed by atoms with E-state index in [-0.39, 0.29) is 17.6 Å². The lowest BCUT2D eigenvalue weighted by molar-refractivity contribution is 0.0625. The molecule has 0 atom stereocenters. The molecule has 1 amide bonds. The highest BCUT2D eigenvalue weighted by molar-refractivity contribution is 7.18. The highest BCUT2D eigenvalue weighted by Gasteiger charge is 2.24. The van der Waals surface area contributed by atoms with Crippen molar-refractivity contribution in [2.24, 2.45) is 0 Å². The SMILES string of the molecule is CC(C)Oc1ccc(C(=O)N2CCN(Cc3nc4sc5c(c4c(=O)[nH]3)CCCC5)CC2)cc1. The Morgan fingerprint density at radius 2 is 1.85 bits per heavy atom. The predicted molar refractivity (Wildman–Crippen MR) is 130 cm³/mol. The van der Waals surface area contributed by atoms with Crippen LogP contribution in [0.1, 0.15) is 53.3 Å². The van der Waals surface area contributed by atoms with Crippen LogP contribution < -0.4 is 10.3 Å². The molecule has 1 saturated heterocycles. The van der Waals surface area contributed by atoms with Crippen LogP contribution in [-0.2, 0) is 19.4 Å². The van der Waals surface area contributed by atoms with E-state index in [4.69, 9.17) is 9.72 Å². The number of fused-ring (bicyclic) bond motifs is 3. The number of thiophene rings is 1. The summed E-state index contributed by atoms with van der Waals surface area (Å²) in [5.74, 6) is 1.53. The Bertz CT molecular complexity index is 1210. The fourth-order valence-corrected chi connectivity index (χ4v) is 6.02. The van der Waals surface area contributed by atoms with Crippen LogP contribution in [0.4, 0.5) is 0 Å². The van der Waals surface area contributed by atoms with Gasteiger partial charge in [-0.05, 0) is 69.4 Å². The second-order valence-corrected chi connectivity index (χ2v) is 10.2. The van der Waals surface area contributed by atoms with E-state index >= 15 is 0 Å². The van der Waals surface area contributed by atoms with Gasteiger partial charge in [-0.25, -0.2) is 4.98 Å². The van der Waals surface area contributed by atoms with Gasteiger partial charge in [-0.2, -0.15) is 0 Å². The molecular formula is C25H30N4O3S. The van der Waals surface area contributed by atoms with Gasteiger partial charge in [-0.1, -0.05) is 0 Å². The van der Waals surface area contributed by atoms with Gasteiger partial charge < -0.3 is 14.6 Å². The maximum atomic E-state index is 12.9. The first-order valence-corrected chi connectivity index (χ1v) is 12.6. The van der Waals surface area contributed by atoms with Crippen molar-refractivity contribution in [3.8, 4) is 5.75 Å². The topological polar surface area (TPSA) is 78.5 Å². The lowest BCUT2D eigenvalue weighted by atomic mass is 9.97. The summed E-state index contributed by atoms with van der Waals surface area (Å²) in [5.41, 5.74) is 1.89. The Morgan fingerprint density at radius 1 is 1.12 bits per heavy atom. The zero-order valence-electron chi connectivity index (χ0n) is 19.2. The first-order chi connectivity index (χ1) is 16.0. The van der Waals surface area contributed by atoms with E-state index in [1.165, 1.54) is 16.9 Å². The molecule has 0 saturated carbocycles. The fourth-order valence-electron chi connectivity index (χ4n) is 4.74. The van der Waals surface area contributed by atoms with Crippen LogP contribution in [0.15, 0.2) is 29.1 Å². The van der Waals surface area contributed by atoms with Gasteiger partial charge >= 0.3 is 0 Å². The minimum Gasteiger partial charge on any atom is -0.491 e. The molecule has 3 aromatic rings. The Labute approximate surface area is 197 Å². The minimum atomic E-state index is -0.00638. The zero-order valence-corrected chi connectivity index (χ0v) is 20.0. The van der Waals surface area contributed by atoms with Crippen LogP contribution >= 0.6 is 11.3 Å². The van der Waals surface area contributed by atoms with Gasteiger partial charge in [-0.3, -0.25) is 14.5 Å². The third-order valence-corrected chi connectivity index (χ3v) is 7.57. The van der Waals surface area contributed by atoms with Gasteiger partial charge in [0.2, 0.25) is 0 Å². The number of benzene rings is 1. The Morgan fingerprint density at radius 3 is 2.58 bits per heavy atom. The summed E-state index contributed by atoms with van der Waals surface area (Å²) in [7, 11) is 0. The van der Waals surface area contributed by atoms with Crippen LogP contribution in [0.5, 0.6) is 5.75 Å². The summed E-state index contributed by atoms with van der Waals surface area (Å²) in [6, 6.07) is 7.36. The van der Waals surface area contributed by atoms with Crippen molar-refractivity contribution in [1.29, 1.82) is 0 Å². The summed E-state index contributed by atoms with van der Waals surface area (Å²) in [4.78, 5) is 39.8. The quantitative estimate of drug-likeness (QED) is 0.622. The maximum absolute atomic E-state index is 12.9. The molecule has 33 heavy (non-hydrogen) atoms. The molecule has 7 nitrogen and oxygen atoms in total. The van der Waals surface area contributed by atoms with Gasteiger partial charge in [0.05, 0.1) is 18.0 Å². The fraction of sp³-hybridized carbons (Fsp3) is 0.480. The zero-order chi connectivity index (χ0) is 22.9. The van der Waals surface area contributed by atoms with E-state index < -0.39 is 0 Å². The molecular weight excluding hydrogens is 436 g/mol. The van der Waals surface area contributed by atoms with Crippen molar-refractivity contribution < 1.29 is 9.53 Å². The minimum absolute atomic E-state index is 0.00638. The van der Waals surface area contributed by atoms with Crippen LogP contribution in [0.2, 0.25) is 0 Å². The number of nitrogens with zero attached hydrogens (tertiary/aromatic N) is 3. The number of H-pyrrole nitrogens is 1. The monoisotopic (exact) mass is 466 g/mol. The molecule has 1 N–H and O–H groups in total. The average Bonchev–Trinajstić information content (AvgIpc) is 3.18. The number of hydrogen-bond donors (Lipinski definition) is 1. The summed E-state index contributed by atoms with van der Waals surface area (Å²) in [6.45, 7) is 7.37. The number of rotatable bonds is 5. The molecule has 2 aliphatic rings. The third-order valence-electron chi connectivity index (χ3n) is 6.38. The number of carbonyl (C=O) groups is 1. The highest BCUT2D eigenvalue weighted by atomic mass is 32.1. The Balaban J connectivity index is 1.21. The van der Waals surface area contributed by atoms with Crippen molar-refractivity contribution >= 4 is 27.5 Å². The average molecular weight is 467 g/mol. The van der Waals surface area contributed by atoms with Crippen LogP contribution in [0.3, 0.4) is 0 Å². The number of ether oxygens (including phenoxy) is 1. The molecule has 1 aliphatic heterocycles. The Hall–Kier alpha value is -2.71. The number of aryl methyl sites for hydroxylation is 2. The number of aromatic nitrogens is 2. The molecule has 1 aliphatic carbocycles. The molecule has 8 heteroatoms. The van der Waals surface area contributed by atoms with Crippen molar-refractivity contribution in [2.75, 3.05) is 26.2 Å². The molecule has 0 spiro atoms. The molecule has 0 unspecified atom stereocenters. The van der Waals surface area contributed by atoms with E-state index in [2.05, 4.69) is 9.88 Å². The first kappa shape index (κ1) is 22.1. The third kappa shape index (κ3) is 4.68. The second kappa shape index (κ2) is 9.27. The van der Waals surface area contributed by atoms with E-state index in [9.17, 15) is 9.59 Å². The van der Waals surface area contributed by atoms with Gasteiger partial charge in [0.25, 0.3) is 11.5 Å². The number of aromatic amines is 1. The highest BCUT2D eigenvalue weighted by Crippen LogP contribution is 2.33. The lowest BCUT2D eigenvalue weighted by Crippen LogP contribution is -2.48. The molecule has 0 bridgehead atoms. The molecule has 1 fully saturated rings. The summed E-state index contributed by atoms with van der Waals surface area (Å²) >= 11 is 1.68. The first-order valence-electron chi connectivity index (χ1n) is 11.8. The number of amides is 1. The predicted octanol–water partition coefficient (Wildman–Crippen LogP) is 3.61. The van der Waals surface area contributed by atoms with Gasteiger partial charge in [0, 0.05) is 36.6 Å². The maximum Gasteiger partial charge on any atom is 0.259 e. The standard InChI is InChI=1S/C25H30N4O3S/c1-16(2)32-18-9-7-17(8-10-18)25(31)29-13-11-28(12-14-29)15-21-26-23(30)22-19-5-3-4-6-20(19)33-24(22)27-21/h7-10,16H,3-6,11-15H2,1-2H3,(H,26,27,30). The van der Waals surface area contributed by atoms with Crippen molar-refractivity contribution in [3.05, 3.63) is 56.4 Å². The molecule has 174 valence electrons. The van der Waals surface area contributed by atoms with Crippen molar-refractivity contribution in [2.45, 2.75) is 52.2 Å². The number of piperazine rings is 1. The van der Waals surface area contributed by atoms with Gasteiger partial charge in [0.15, 0.2) is 0 Å². The van der Waals surface area contributed by atoms with E-state index in [1.807, 2.05) is 43.0 Å².